The Morgan fingerprint density at radius 2 is 2.11 bits per heavy atom. The van der Waals surface area contributed by atoms with Gasteiger partial charge in [-0.15, -0.1) is 0 Å². The topological polar surface area (TPSA) is 59.9 Å². The molecular weight excluding hydrogens is 247 g/mol. The lowest BCUT2D eigenvalue weighted by atomic mass is 10.1. The second-order valence-corrected chi connectivity index (χ2v) is 3.90. The zero-order valence-corrected chi connectivity index (χ0v) is 10.6. The van der Waals surface area contributed by atoms with E-state index in [4.69, 9.17) is 4.74 Å². The van der Waals surface area contributed by atoms with Crippen LogP contribution in [0.3, 0.4) is 0 Å². The van der Waals surface area contributed by atoms with E-state index in [1.54, 1.807) is 19.4 Å². The van der Waals surface area contributed by atoms with Crippen molar-refractivity contribution < 1.29 is 9.13 Å². The lowest BCUT2D eigenvalue weighted by Gasteiger charge is -2.07. The number of nitrogens with zero attached hydrogens (tertiary/aromatic N) is 3. The smallest absolute Gasteiger partial charge is 0.255 e. The van der Waals surface area contributed by atoms with Gasteiger partial charge in [0.2, 0.25) is 11.8 Å². The van der Waals surface area contributed by atoms with Crippen LogP contribution < -0.4 is 10.1 Å². The summed E-state index contributed by atoms with van der Waals surface area (Å²) in [6.07, 6.45) is 6.23. The van der Waals surface area contributed by atoms with Gasteiger partial charge in [-0.25, -0.2) is 4.98 Å². The minimum Gasteiger partial charge on any atom is -0.475 e. The molecule has 0 saturated carbocycles. The van der Waals surface area contributed by atoms with Crippen molar-refractivity contribution >= 4 is 5.95 Å². The summed E-state index contributed by atoms with van der Waals surface area (Å²) in [5.74, 6) is -0.234. The molecule has 0 aliphatic rings. The van der Waals surface area contributed by atoms with Gasteiger partial charge in [-0.1, -0.05) is 0 Å². The number of halogens is 1. The molecule has 0 atom stereocenters. The molecule has 19 heavy (non-hydrogen) atoms. The first-order valence-corrected chi connectivity index (χ1v) is 6.01. The minimum atomic E-state index is -0.553. The molecule has 2 aromatic heterocycles. The van der Waals surface area contributed by atoms with E-state index in [9.17, 15) is 4.39 Å². The highest BCUT2D eigenvalue weighted by Crippen LogP contribution is 2.14. The third kappa shape index (κ3) is 3.87. The number of nitrogens with one attached hydrogen (secondary N) is 1. The second-order valence-electron chi connectivity index (χ2n) is 3.90. The first kappa shape index (κ1) is 13.2. The molecule has 2 aromatic rings. The van der Waals surface area contributed by atoms with E-state index < -0.39 is 5.82 Å². The summed E-state index contributed by atoms with van der Waals surface area (Å²) in [6, 6.07) is 3.90. The lowest BCUT2D eigenvalue weighted by Crippen LogP contribution is -2.05. The van der Waals surface area contributed by atoms with Crippen LogP contribution in [0.2, 0.25) is 0 Å². The van der Waals surface area contributed by atoms with Gasteiger partial charge in [0.15, 0.2) is 0 Å². The minimum absolute atomic E-state index is 0.0194. The van der Waals surface area contributed by atoms with E-state index in [1.165, 1.54) is 5.56 Å². The highest BCUT2D eigenvalue weighted by atomic mass is 19.1. The van der Waals surface area contributed by atoms with Gasteiger partial charge in [0.1, 0.15) is 0 Å². The first-order chi connectivity index (χ1) is 9.29. The van der Waals surface area contributed by atoms with E-state index >= 15 is 0 Å². The zero-order chi connectivity index (χ0) is 13.5. The molecule has 0 aliphatic carbocycles. The summed E-state index contributed by atoms with van der Waals surface area (Å²) >= 11 is 0. The summed E-state index contributed by atoms with van der Waals surface area (Å²) < 4.78 is 18.7. The molecule has 0 aliphatic heterocycles. The van der Waals surface area contributed by atoms with Crippen LogP contribution in [0.1, 0.15) is 12.0 Å². The Morgan fingerprint density at radius 3 is 2.84 bits per heavy atom. The molecule has 0 spiro atoms. The van der Waals surface area contributed by atoms with Crippen LogP contribution in [-0.2, 0) is 6.42 Å². The van der Waals surface area contributed by atoms with E-state index in [-0.39, 0.29) is 5.88 Å². The summed E-state index contributed by atoms with van der Waals surface area (Å²) in [5, 5.41) is 2.74. The molecule has 0 unspecified atom stereocenters. The normalized spacial score (nSPS) is 10.2. The van der Waals surface area contributed by atoms with E-state index in [0.717, 1.165) is 19.0 Å². The van der Waals surface area contributed by atoms with Gasteiger partial charge < -0.3 is 10.1 Å². The highest BCUT2D eigenvalue weighted by Gasteiger charge is 2.07. The number of anilines is 1. The van der Waals surface area contributed by atoms with Crippen LogP contribution in [0.15, 0.2) is 30.7 Å². The van der Waals surface area contributed by atoms with Gasteiger partial charge in [0.05, 0.1) is 12.8 Å². The van der Waals surface area contributed by atoms with Crippen molar-refractivity contribution in [2.75, 3.05) is 19.0 Å². The SMILES string of the molecule is CNc1ncc(F)c(OCCCc2ccncc2)n1. The van der Waals surface area contributed by atoms with Crippen molar-refractivity contribution in [1.82, 2.24) is 15.0 Å². The van der Waals surface area contributed by atoms with Gasteiger partial charge in [-0.3, -0.25) is 4.98 Å². The molecule has 0 aromatic carbocycles. The third-order valence-corrected chi connectivity index (χ3v) is 2.53. The maximum Gasteiger partial charge on any atom is 0.255 e. The fourth-order valence-electron chi connectivity index (χ4n) is 1.57. The number of hydrogen-bond donors (Lipinski definition) is 1. The first-order valence-electron chi connectivity index (χ1n) is 6.01. The number of aryl methyl sites for hydroxylation is 1. The summed E-state index contributed by atoms with van der Waals surface area (Å²) in [6.45, 7) is 0.402. The Morgan fingerprint density at radius 1 is 1.32 bits per heavy atom. The van der Waals surface area contributed by atoms with Crippen LogP contribution >= 0.6 is 0 Å². The Kier molecular flexibility index (Phi) is 4.60. The fraction of sp³-hybridized carbons (Fsp3) is 0.308. The fourth-order valence-corrected chi connectivity index (χ4v) is 1.57. The molecule has 0 fully saturated rings. The van der Waals surface area contributed by atoms with Crippen LogP contribution in [-0.4, -0.2) is 28.6 Å². The van der Waals surface area contributed by atoms with Crippen LogP contribution in [0.5, 0.6) is 5.88 Å². The van der Waals surface area contributed by atoms with Crippen molar-refractivity contribution in [3.8, 4) is 5.88 Å². The average Bonchev–Trinajstić information content (AvgIpc) is 2.46. The van der Waals surface area contributed by atoms with E-state index in [1.807, 2.05) is 12.1 Å². The number of rotatable bonds is 6. The van der Waals surface area contributed by atoms with Crippen molar-refractivity contribution in [3.05, 3.63) is 42.1 Å². The molecule has 1 N–H and O–H groups in total. The highest BCUT2D eigenvalue weighted by molar-refractivity contribution is 5.27. The quantitative estimate of drug-likeness (QED) is 0.807. The van der Waals surface area contributed by atoms with Gasteiger partial charge in [0.25, 0.3) is 5.88 Å². The predicted octanol–water partition coefficient (Wildman–Crippen LogP) is 2.06. The largest absolute Gasteiger partial charge is 0.475 e. The Balaban J connectivity index is 1.82. The standard InChI is InChI=1S/C13H15FN4O/c1-15-13-17-9-11(14)12(18-13)19-8-2-3-10-4-6-16-7-5-10/h4-7,9H,2-3,8H2,1H3,(H,15,17,18). The summed E-state index contributed by atoms with van der Waals surface area (Å²) in [7, 11) is 1.67. The lowest BCUT2D eigenvalue weighted by molar-refractivity contribution is 0.282. The van der Waals surface area contributed by atoms with Gasteiger partial charge in [-0.05, 0) is 30.5 Å². The van der Waals surface area contributed by atoms with Crippen molar-refractivity contribution in [2.45, 2.75) is 12.8 Å². The van der Waals surface area contributed by atoms with E-state index in [2.05, 4.69) is 20.3 Å². The Hall–Kier alpha value is -2.24. The molecule has 2 rings (SSSR count). The molecule has 5 nitrogen and oxygen atoms in total. The number of ether oxygens (including phenoxy) is 1. The zero-order valence-electron chi connectivity index (χ0n) is 10.6. The monoisotopic (exact) mass is 262 g/mol. The summed E-state index contributed by atoms with van der Waals surface area (Å²) in [4.78, 5) is 11.6. The maximum absolute atomic E-state index is 13.4. The average molecular weight is 262 g/mol. The van der Waals surface area contributed by atoms with Gasteiger partial charge in [0, 0.05) is 19.4 Å². The third-order valence-electron chi connectivity index (χ3n) is 2.53. The molecule has 0 saturated heterocycles. The van der Waals surface area contributed by atoms with Crippen molar-refractivity contribution in [1.29, 1.82) is 0 Å². The van der Waals surface area contributed by atoms with E-state index in [0.29, 0.717) is 12.6 Å². The molecule has 2 heterocycles. The molecule has 100 valence electrons. The molecule has 0 radical (unpaired) electrons. The molecule has 0 amide bonds. The summed E-state index contributed by atoms with van der Waals surface area (Å²) in [5.41, 5.74) is 1.18. The van der Waals surface area contributed by atoms with Gasteiger partial charge >= 0.3 is 0 Å². The van der Waals surface area contributed by atoms with Crippen LogP contribution in [0, 0.1) is 5.82 Å². The Bertz CT molecular complexity index is 521. The maximum atomic E-state index is 13.4. The predicted molar refractivity (Wildman–Crippen MR) is 69.6 cm³/mol. The van der Waals surface area contributed by atoms with Gasteiger partial charge in [-0.2, -0.15) is 9.37 Å². The van der Waals surface area contributed by atoms with Crippen molar-refractivity contribution in [2.24, 2.45) is 0 Å². The van der Waals surface area contributed by atoms with Crippen LogP contribution in [0.4, 0.5) is 10.3 Å². The number of aromatic nitrogens is 3. The Labute approximate surface area is 110 Å². The van der Waals surface area contributed by atoms with Crippen LogP contribution in [0.25, 0.3) is 0 Å². The number of hydrogen-bond acceptors (Lipinski definition) is 5. The van der Waals surface area contributed by atoms with Crippen molar-refractivity contribution in [3.63, 3.8) is 0 Å². The molecular formula is C13H15FN4O. The number of pyridine rings is 1. The second kappa shape index (κ2) is 6.63. The molecule has 0 bridgehead atoms. The molecule has 6 heteroatoms.